The second kappa shape index (κ2) is 8.75. The van der Waals surface area contributed by atoms with Gasteiger partial charge in [0.25, 0.3) is 0 Å². The first kappa shape index (κ1) is 20.1. The van der Waals surface area contributed by atoms with E-state index in [1.165, 1.54) is 11.8 Å². The van der Waals surface area contributed by atoms with Gasteiger partial charge in [0.05, 0.1) is 5.75 Å². The molecule has 5 rings (SSSR count). The van der Waals surface area contributed by atoms with E-state index < -0.39 is 6.10 Å². The van der Waals surface area contributed by atoms with Gasteiger partial charge in [0.1, 0.15) is 12.4 Å². The number of amides is 1. The molecule has 1 amide bonds. The fourth-order valence-corrected chi connectivity index (χ4v) is 4.04. The molecule has 32 heavy (non-hydrogen) atoms. The molecule has 9 nitrogen and oxygen atoms in total. The summed E-state index contributed by atoms with van der Waals surface area (Å²) in [5, 5.41) is 15.8. The Labute approximate surface area is 187 Å². The molecular weight excluding hydrogens is 430 g/mol. The molecule has 0 aliphatic carbocycles. The minimum Gasteiger partial charge on any atom is -0.485 e. The van der Waals surface area contributed by atoms with Crippen LogP contribution in [0.1, 0.15) is 17.7 Å². The minimum absolute atomic E-state index is 0.127. The average Bonchev–Trinajstić information content (AvgIpc) is 3.43. The number of ether oxygens (including phenoxy) is 2. The van der Waals surface area contributed by atoms with Crippen molar-refractivity contribution >= 4 is 23.5 Å². The normalized spacial score (nSPS) is 14.8. The summed E-state index contributed by atoms with van der Waals surface area (Å²) in [6.45, 7) is 2.06. The Balaban J connectivity index is 1.39. The third-order valence-electron chi connectivity index (χ3n) is 4.70. The van der Waals surface area contributed by atoms with Crippen molar-refractivity contribution in [3.63, 3.8) is 0 Å². The summed E-state index contributed by atoms with van der Waals surface area (Å²) in [6.07, 6.45) is -0.445. The first-order chi connectivity index (χ1) is 15.7. The van der Waals surface area contributed by atoms with Crippen LogP contribution < -0.4 is 14.8 Å². The Morgan fingerprint density at radius 2 is 1.91 bits per heavy atom. The number of carbonyl (C=O) groups excluding carboxylic acids is 1. The average molecular weight is 449 g/mol. The second-order valence-electron chi connectivity index (χ2n) is 7.04. The SMILES string of the molecule is Cc1cc(NC(=O)CSc2nnc([C@H]3COc4ccccc4O3)n2-c2ccccc2)no1. The van der Waals surface area contributed by atoms with Gasteiger partial charge in [-0.05, 0) is 31.2 Å². The molecule has 0 fully saturated rings. The summed E-state index contributed by atoms with van der Waals surface area (Å²) >= 11 is 1.27. The van der Waals surface area contributed by atoms with Crippen molar-refractivity contribution in [3.8, 4) is 17.2 Å². The van der Waals surface area contributed by atoms with Crippen molar-refractivity contribution in [2.24, 2.45) is 0 Å². The molecule has 0 unspecified atom stereocenters. The van der Waals surface area contributed by atoms with E-state index in [1.54, 1.807) is 13.0 Å². The molecule has 0 bridgehead atoms. The number of aryl methyl sites for hydroxylation is 1. The molecule has 4 aromatic rings. The third-order valence-corrected chi connectivity index (χ3v) is 5.63. The maximum atomic E-state index is 12.4. The first-order valence-electron chi connectivity index (χ1n) is 9.92. The molecule has 162 valence electrons. The highest BCUT2D eigenvalue weighted by atomic mass is 32.2. The van der Waals surface area contributed by atoms with E-state index in [1.807, 2.05) is 59.2 Å². The first-order valence-corrected chi connectivity index (χ1v) is 10.9. The van der Waals surface area contributed by atoms with Gasteiger partial charge in [0, 0.05) is 11.8 Å². The predicted octanol–water partition coefficient (Wildman–Crippen LogP) is 3.81. The Bertz CT molecular complexity index is 1240. The molecule has 2 aromatic heterocycles. The van der Waals surface area contributed by atoms with Crippen LogP contribution >= 0.6 is 11.8 Å². The molecule has 0 saturated carbocycles. The van der Waals surface area contributed by atoms with Crippen LogP contribution in [-0.4, -0.2) is 38.2 Å². The number of carbonyl (C=O) groups is 1. The van der Waals surface area contributed by atoms with Crippen molar-refractivity contribution < 1.29 is 18.8 Å². The number of nitrogens with one attached hydrogen (secondary N) is 1. The lowest BCUT2D eigenvalue weighted by molar-refractivity contribution is -0.113. The number of thioether (sulfide) groups is 1. The van der Waals surface area contributed by atoms with E-state index in [4.69, 9.17) is 14.0 Å². The number of aromatic nitrogens is 4. The lowest BCUT2D eigenvalue weighted by Gasteiger charge is -2.26. The van der Waals surface area contributed by atoms with Crippen LogP contribution in [0.25, 0.3) is 5.69 Å². The van der Waals surface area contributed by atoms with Crippen molar-refractivity contribution in [1.29, 1.82) is 0 Å². The zero-order chi connectivity index (χ0) is 21.9. The van der Waals surface area contributed by atoms with Crippen LogP contribution in [0.2, 0.25) is 0 Å². The summed E-state index contributed by atoms with van der Waals surface area (Å²) in [4.78, 5) is 12.4. The van der Waals surface area contributed by atoms with E-state index in [9.17, 15) is 4.79 Å². The number of para-hydroxylation sites is 3. The van der Waals surface area contributed by atoms with E-state index in [0.717, 1.165) is 5.69 Å². The van der Waals surface area contributed by atoms with Gasteiger partial charge in [-0.15, -0.1) is 10.2 Å². The highest BCUT2D eigenvalue weighted by molar-refractivity contribution is 7.99. The fourth-order valence-electron chi connectivity index (χ4n) is 3.28. The molecule has 1 aliphatic heterocycles. The van der Waals surface area contributed by atoms with E-state index >= 15 is 0 Å². The summed E-state index contributed by atoms with van der Waals surface area (Å²) in [5.41, 5.74) is 0.866. The number of fused-ring (bicyclic) bond motifs is 1. The predicted molar refractivity (Wildman–Crippen MR) is 117 cm³/mol. The number of hydrogen-bond acceptors (Lipinski definition) is 8. The summed E-state index contributed by atoms with van der Waals surface area (Å²) in [5.74, 6) is 2.86. The lowest BCUT2D eigenvalue weighted by atomic mass is 10.2. The second-order valence-corrected chi connectivity index (χ2v) is 7.98. The monoisotopic (exact) mass is 449 g/mol. The van der Waals surface area contributed by atoms with E-state index in [0.29, 0.717) is 40.7 Å². The van der Waals surface area contributed by atoms with Gasteiger partial charge in [-0.25, -0.2) is 0 Å². The highest BCUT2D eigenvalue weighted by Gasteiger charge is 2.29. The molecule has 1 aliphatic rings. The summed E-state index contributed by atoms with van der Waals surface area (Å²) < 4.78 is 18.9. The van der Waals surface area contributed by atoms with Crippen LogP contribution in [0, 0.1) is 6.92 Å². The standard InChI is InChI=1S/C22H19N5O4S/c1-14-11-19(26-31-14)23-20(28)13-32-22-25-24-21(27(22)15-7-3-2-4-8-15)18-12-29-16-9-5-6-10-17(16)30-18/h2-11,18H,12-13H2,1H3,(H,23,26,28)/t18-/m1/s1. The summed E-state index contributed by atoms with van der Waals surface area (Å²) in [7, 11) is 0. The summed E-state index contributed by atoms with van der Waals surface area (Å²) in [6, 6.07) is 18.9. The third kappa shape index (κ3) is 4.17. The van der Waals surface area contributed by atoms with Gasteiger partial charge in [-0.2, -0.15) is 0 Å². The molecule has 1 atom stereocenters. The van der Waals surface area contributed by atoms with Crippen LogP contribution in [0.15, 0.2) is 70.3 Å². The van der Waals surface area contributed by atoms with Gasteiger partial charge in [-0.3, -0.25) is 9.36 Å². The Morgan fingerprint density at radius 1 is 1.12 bits per heavy atom. The zero-order valence-corrected chi connectivity index (χ0v) is 17.9. The Hall–Kier alpha value is -3.79. The molecular formula is C22H19N5O4S. The van der Waals surface area contributed by atoms with Crippen molar-refractivity contribution in [2.45, 2.75) is 18.2 Å². The van der Waals surface area contributed by atoms with Crippen molar-refractivity contribution in [3.05, 3.63) is 72.2 Å². The Kier molecular flexibility index (Phi) is 5.51. The molecule has 2 aromatic carbocycles. The maximum absolute atomic E-state index is 12.4. The van der Waals surface area contributed by atoms with Gasteiger partial charge in [0.15, 0.2) is 34.4 Å². The Morgan fingerprint density at radius 3 is 2.69 bits per heavy atom. The number of anilines is 1. The number of benzene rings is 2. The van der Waals surface area contributed by atoms with E-state index in [2.05, 4.69) is 20.7 Å². The van der Waals surface area contributed by atoms with Crippen LogP contribution in [-0.2, 0) is 4.79 Å². The van der Waals surface area contributed by atoms with Crippen molar-refractivity contribution in [2.75, 3.05) is 17.7 Å². The van der Waals surface area contributed by atoms with Crippen LogP contribution in [0.4, 0.5) is 5.82 Å². The van der Waals surface area contributed by atoms with Gasteiger partial charge in [-0.1, -0.05) is 47.3 Å². The quantitative estimate of drug-likeness (QED) is 0.443. The van der Waals surface area contributed by atoms with Gasteiger partial charge in [0.2, 0.25) is 5.91 Å². The highest BCUT2D eigenvalue weighted by Crippen LogP contribution is 2.36. The lowest BCUT2D eigenvalue weighted by Crippen LogP contribution is -2.24. The van der Waals surface area contributed by atoms with Gasteiger partial charge >= 0.3 is 0 Å². The number of nitrogens with zero attached hydrogens (tertiary/aromatic N) is 4. The van der Waals surface area contributed by atoms with Crippen LogP contribution in [0.5, 0.6) is 11.5 Å². The maximum Gasteiger partial charge on any atom is 0.236 e. The number of hydrogen-bond donors (Lipinski definition) is 1. The van der Waals surface area contributed by atoms with E-state index in [-0.39, 0.29) is 11.7 Å². The molecule has 3 heterocycles. The van der Waals surface area contributed by atoms with Crippen molar-refractivity contribution in [1.82, 2.24) is 19.9 Å². The van der Waals surface area contributed by atoms with Crippen LogP contribution in [0.3, 0.4) is 0 Å². The largest absolute Gasteiger partial charge is 0.485 e. The minimum atomic E-state index is -0.445. The zero-order valence-electron chi connectivity index (χ0n) is 17.1. The molecule has 0 spiro atoms. The topological polar surface area (TPSA) is 104 Å². The smallest absolute Gasteiger partial charge is 0.236 e. The molecule has 10 heteroatoms. The molecule has 0 radical (unpaired) electrons. The fraction of sp³-hybridized carbons (Fsp3) is 0.182. The molecule has 1 N–H and O–H groups in total. The molecule has 0 saturated heterocycles. The van der Waals surface area contributed by atoms with Gasteiger partial charge < -0.3 is 19.3 Å². The number of rotatable bonds is 6.